The second kappa shape index (κ2) is 15.4. The van der Waals surface area contributed by atoms with Crippen molar-refractivity contribution in [2.45, 2.75) is 13.1 Å². The van der Waals surface area contributed by atoms with Crippen LogP contribution >= 0.6 is 0 Å². The third kappa shape index (κ3) is 11.4. The average Bonchev–Trinajstić information content (AvgIpc) is 3.52. The summed E-state index contributed by atoms with van der Waals surface area (Å²) in [7, 11) is 2.17. The fraction of sp³-hybridized carbons (Fsp3) is 0.280. The Morgan fingerprint density at radius 1 is 0.846 bits per heavy atom. The number of imidazole rings is 1. The van der Waals surface area contributed by atoms with Gasteiger partial charge in [-0.3, -0.25) is 4.90 Å². The number of furan rings is 1. The summed E-state index contributed by atoms with van der Waals surface area (Å²) in [6.45, 7) is 5.89. The minimum Gasteiger partial charge on any atom is -0.478 e. The lowest BCUT2D eigenvalue weighted by molar-refractivity contribution is -0.134. The molecule has 0 aliphatic carbocycles. The second-order valence-electron chi connectivity index (χ2n) is 8.14. The van der Waals surface area contributed by atoms with Crippen LogP contribution in [0.4, 0.5) is 0 Å². The third-order valence-corrected chi connectivity index (χ3v) is 5.17. The Kier molecular flexibility index (Phi) is 12.0. The van der Waals surface area contributed by atoms with Crippen molar-refractivity contribution in [3.05, 3.63) is 72.6 Å². The standard InChI is InChI=1S/C17H21N5O.2C4H4O4/c1-20-7-9-21(10-8-20)13-16-19-15-5-2-6-18-17(15)22(16)12-14-4-3-11-23-14;2*5-3(6)1-2-4(7)8/h2-6,11H,7-10,12-13H2,1H3;2*1-2H,(H,5,6)(H,7,8). The lowest BCUT2D eigenvalue weighted by Crippen LogP contribution is -2.44. The van der Waals surface area contributed by atoms with Gasteiger partial charge in [0.15, 0.2) is 5.65 Å². The smallest absolute Gasteiger partial charge is 0.328 e. The van der Waals surface area contributed by atoms with Crippen LogP contribution in [0.2, 0.25) is 0 Å². The van der Waals surface area contributed by atoms with E-state index in [4.69, 9.17) is 29.8 Å². The fourth-order valence-electron chi connectivity index (χ4n) is 3.34. The van der Waals surface area contributed by atoms with Crippen molar-refractivity contribution in [2.75, 3.05) is 33.2 Å². The van der Waals surface area contributed by atoms with E-state index >= 15 is 0 Å². The Morgan fingerprint density at radius 2 is 1.41 bits per heavy atom. The van der Waals surface area contributed by atoms with Crippen LogP contribution < -0.4 is 0 Å². The molecular formula is C25H29N5O9. The Hall–Kier alpha value is -4.82. The summed E-state index contributed by atoms with van der Waals surface area (Å²) < 4.78 is 7.69. The van der Waals surface area contributed by atoms with E-state index in [2.05, 4.69) is 26.4 Å². The van der Waals surface area contributed by atoms with Crippen molar-refractivity contribution in [3.8, 4) is 0 Å². The highest BCUT2D eigenvalue weighted by molar-refractivity contribution is 5.90. The molecule has 3 aromatic rings. The third-order valence-electron chi connectivity index (χ3n) is 5.17. The van der Waals surface area contributed by atoms with E-state index in [1.54, 1.807) is 6.26 Å². The predicted octanol–water partition coefficient (Wildman–Crippen LogP) is 1.24. The molecule has 0 radical (unpaired) electrons. The molecule has 0 amide bonds. The molecule has 14 heteroatoms. The topological polar surface area (TPSA) is 200 Å². The van der Waals surface area contributed by atoms with Crippen LogP contribution in [0.5, 0.6) is 0 Å². The van der Waals surface area contributed by atoms with Crippen molar-refractivity contribution in [3.63, 3.8) is 0 Å². The summed E-state index contributed by atoms with van der Waals surface area (Å²) >= 11 is 0. The summed E-state index contributed by atoms with van der Waals surface area (Å²) in [5.74, 6) is -3.05. The SMILES string of the molecule is CN1CCN(Cc2nc3cccnc3n2Cc2ccco2)CC1.O=C(O)C=CC(=O)O.O=C(O)C=CC(=O)O. The van der Waals surface area contributed by atoms with E-state index in [0.717, 1.165) is 55.5 Å². The van der Waals surface area contributed by atoms with Crippen LogP contribution in [0.15, 0.2) is 65.4 Å². The number of nitrogens with zero attached hydrogens (tertiary/aromatic N) is 5. The van der Waals surface area contributed by atoms with Crippen molar-refractivity contribution in [2.24, 2.45) is 0 Å². The van der Waals surface area contributed by atoms with Gasteiger partial charge in [0.25, 0.3) is 0 Å². The number of piperazine rings is 1. The number of carbonyl (C=O) groups is 4. The molecular weight excluding hydrogens is 514 g/mol. The normalized spacial score (nSPS) is 14.0. The molecule has 0 atom stereocenters. The van der Waals surface area contributed by atoms with Gasteiger partial charge >= 0.3 is 23.9 Å². The van der Waals surface area contributed by atoms with E-state index in [9.17, 15) is 19.2 Å². The van der Waals surface area contributed by atoms with Crippen molar-refractivity contribution >= 4 is 35.0 Å². The molecule has 1 aliphatic heterocycles. The molecule has 4 heterocycles. The quantitative estimate of drug-likeness (QED) is 0.296. The molecule has 208 valence electrons. The van der Waals surface area contributed by atoms with Gasteiger partial charge in [0.1, 0.15) is 17.1 Å². The molecule has 3 aromatic heterocycles. The number of aromatic nitrogens is 3. The molecule has 4 N–H and O–H groups in total. The average molecular weight is 544 g/mol. The van der Waals surface area contributed by atoms with Crippen molar-refractivity contribution < 1.29 is 44.0 Å². The Morgan fingerprint density at radius 3 is 1.90 bits per heavy atom. The number of hydrogen-bond donors (Lipinski definition) is 4. The first-order valence-corrected chi connectivity index (χ1v) is 11.6. The van der Waals surface area contributed by atoms with E-state index in [0.29, 0.717) is 30.8 Å². The fourth-order valence-corrected chi connectivity index (χ4v) is 3.34. The van der Waals surface area contributed by atoms with Gasteiger partial charge in [0.2, 0.25) is 0 Å². The number of pyridine rings is 1. The van der Waals surface area contributed by atoms with E-state index < -0.39 is 23.9 Å². The maximum atomic E-state index is 9.55. The Balaban J connectivity index is 0.000000277. The summed E-state index contributed by atoms with van der Waals surface area (Å²) in [5.41, 5.74) is 1.87. The summed E-state index contributed by atoms with van der Waals surface area (Å²) in [5, 5.41) is 31.2. The van der Waals surface area contributed by atoms with E-state index in [1.165, 1.54) is 0 Å². The van der Waals surface area contributed by atoms with E-state index in [-0.39, 0.29) is 0 Å². The lowest BCUT2D eigenvalue weighted by Gasteiger charge is -2.32. The highest BCUT2D eigenvalue weighted by atomic mass is 16.4. The number of hydrogen-bond acceptors (Lipinski definition) is 9. The molecule has 4 rings (SSSR count). The maximum absolute atomic E-state index is 9.55. The highest BCUT2D eigenvalue weighted by Gasteiger charge is 2.19. The number of carboxylic acids is 4. The van der Waals surface area contributed by atoms with E-state index in [1.807, 2.05) is 30.5 Å². The van der Waals surface area contributed by atoms with Crippen molar-refractivity contribution in [1.82, 2.24) is 24.3 Å². The predicted molar refractivity (Wildman–Crippen MR) is 137 cm³/mol. The van der Waals surface area contributed by atoms with Gasteiger partial charge in [0, 0.05) is 56.7 Å². The van der Waals surface area contributed by atoms with Gasteiger partial charge in [-0.25, -0.2) is 29.1 Å². The molecule has 1 saturated heterocycles. The van der Waals surface area contributed by atoms with Gasteiger partial charge in [-0.2, -0.15) is 0 Å². The van der Waals surface area contributed by atoms with Crippen LogP contribution in [0.3, 0.4) is 0 Å². The zero-order valence-electron chi connectivity index (χ0n) is 21.1. The molecule has 39 heavy (non-hydrogen) atoms. The molecule has 0 saturated carbocycles. The first-order chi connectivity index (χ1) is 18.5. The number of fused-ring (bicyclic) bond motifs is 1. The number of rotatable bonds is 8. The van der Waals surface area contributed by atoms with Gasteiger partial charge in [-0.05, 0) is 31.3 Å². The maximum Gasteiger partial charge on any atom is 0.328 e. The summed E-state index contributed by atoms with van der Waals surface area (Å²) in [6.07, 6.45) is 5.76. The van der Waals surface area contributed by atoms with Crippen LogP contribution in [0.1, 0.15) is 11.6 Å². The number of carboxylic acid groups (broad SMARTS) is 4. The summed E-state index contributed by atoms with van der Waals surface area (Å²) in [4.78, 5) is 52.4. The molecule has 14 nitrogen and oxygen atoms in total. The van der Waals surface area contributed by atoms with Gasteiger partial charge in [-0.15, -0.1) is 0 Å². The first kappa shape index (κ1) is 30.4. The van der Waals surface area contributed by atoms with Crippen molar-refractivity contribution in [1.29, 1.82) is 0 Å². The zero-order valence-corrected chi connectivity index (χ0v) is 21.1. The molecule has 1 aliphatic rings. The Labute approximate surface area is 222 Å². The lowest BCUT2D eigenvalue weighted by atomic mass is 10.3. The van der Waals surface area contributed by atoms with Gasteiger partial charge in [0.05, 0.1) is 19.4 Å². The highest BCUT2D eigenvalue weighted by Crippen LogP contribution is 2.18. The van der Waals surface area contributed by atoms with Crippen LogP contribution in [-0.2, 0) is 32.3 Å². The molecule has 1 fully saturated rings. The van der Waals surface area contributed by atoms with Gasteiger partial charge in [-0.1, -0.05) is 0 Å². The minimum absolute atomic E-state index is 0.558. The zero-order chi connectivity index (χ0) is 28.8. The van der Waals surface area contributed by atoms with Crippen LogP contribution in [0.25, 0.3) is 11.2 Å². The monoisotopic (exact) mass is 543 g/mol. The second-order valence-corrected chi connectivity index (χ2v) is 8.14. The largest absolute Gasteiger partial charge is 0.478 e. The molecule has 0 spiro atoms. The van der Waals surface area contributed by atoms with Crippen LogP contribution in [-0.4, -0.2) is 102 Å². The molecule has 0 bridgehead atoms. The first-order valence-electron chi connectivity index (χ1n) is 11.6. The van der Waals surface area contributed by atoms with Crippen LogP contribution in [0, 0.1) is 0 Å². The molecule has 0 unspecified atom stereocenters. The minimum atomic E-state index is -1.26. The summed E-state index contributed by atoms with van der Waals surface area (Å²) in [6, 6.07) is 7.87. The van der Waals surface area contributed by atoms with Gasteiger partial charge < -0.3 is 34.3 Å². The Bertz CT molecular complexity index is 1240. The number of likely N-dealkylation sites (N-methyl/N-ethyl adjacent to an activating group) is 1. The molecule has 0 aromatic carbocycles. The number of aliphatic carboxylic acids is 4.